The van der Waals surface area contributed by atoms with Crippen molar-refractivity contribution in [3.05, 3.63) is 73.2 Å². The number of nitrogens with zero attached hydrogens (tertiary/aromatic N) is 4. The van der Waals surface area contributed by atoms with Gasteiger partial charge in [-0.1, -0.05) is 30.3 Å². The second-order valence-electron chi connectivity index (χ2n) is 8.27. The molecule has 0 bridgehead atoms. The molecular formula is C25H24N4O3. The summed E-state index contributed by atoms with van der Waals surface area (Å²) in [6.45, 7) is 5.52. The van der Waals surface area contributed by atoms with E-state index in [9.17, 15) is 4.79 Å². The summed E-state index contributed by atoms with van der Waals surface area (Å²) in [4.78, 5) is 26.8. The number of aromatic nitrogens is 3. The van der Waals surface area contributed by atoms with Crippen molar-refractivity contribution in [1.29, 1.82) is 0 Å². The Morgan fingerprint density at radius 1 is 1.00 bits per heavy atom. The molecule has 0 aliphatic heterocycles. The maximum absolute atomic E-state index is 12.5. The lowest BCUT2D eigenvalue weighted by molar-refractivity contribution is 0.0589. The number of para-hydroxylation sites is 1. The van der Waals surface area contributed by atoms with Crippen LogP contribution in [0.25, 0.3) is 22.0 Å². The first-order valence-corrected chi connectivity index (χ1v) is 10.2. The Kier molecular flexibility index (Phi) is 5.73. The van der Waals surface area contributed by atoms with Crippen molar-refractivity contribution in [2.24, 2.45) is 0 Å². The Morgan fingerprint density at radius 2 is 1.81 bits per heavy atom. The van der Waals surface area contributed by atoms with E-state index in [-0.39, 0.29) is 6.01 Å². The number of benzene rings is 2. The second-order valence-corrected chi connectivity index (χ2v) is 8.27. The molecule has 2 heterocycles. The lowest BCUT2D eigenvalue weighted by atomic mass is 10.0. The Morgan fingerprint density at radius 3 is 2.62 bits per heavy atom. The molecule has 0 aliphatic carbocycles. The van der Waals surface area contributed by atoms with Crippen molar-refractivity contribution in [3.63, 3.8) is 0 Å². The third kappa shape index (κ3) is 4.83. The van der Waals surface area contributed by atoms with Gasteiger partial charge in [0.25, 0.3) is 0 Å². The van der Waals surface area contributed by atoms with Crippen LogP contribution >= 0.6 is 0 Å². The molecule has 0 atom stereocenters. The third-order valence-corrected chi connectivity index (χ3v) is 4.66. The number of hydrogen-bond donors (Lipinski definition) is 0. The van der Waals surface area contributed by atoms with Crippen LogP contribution in [0.1, 0.15) is 20.8 Å². The first-order chi connectivity index (χ1) is 15.3. The highest BCUT2D eigenvalue weighted by molar-refractivity contribution is 5.88. The van der Waals surface area contributed by atoms with E-state index in [0.29, 0.717) is 11.4 Å². The molecule has 0 unspecified atom stereocenters. The number of rotatable bonds is 4. The van der Waals surface area contributed by atoms with Crippen LogP contribution in [-0.2, 0) is 4.74 Å². The van der Waals surface area contributed by atoms with Crippen molar-refractivity contribution in [2.45, 2.75) is 26.4 Å². The summed E-state index contributed by atoms with van der Waals surface area (Å²) in [7, 11) is 1.69. The highest BCUT2D eigenvalue weighted by Gasteiger charge is 2.21. The monoisotopic (exact) mass is 428 g/mol. The van der Waals surface area contributed by atoms with E-state index >= 15 is 0 Å². The maximum Gasteiger partial charge on any atom is 0.414 e. The molecule has 0 N–H and O–H groups in total. The summed E-state index contributed by atoms with van der Waals surface area (Å²) in [6.07, 6.45) is 4.65. The van der Waals surface area contributed by atoms with Gasteiger partial charge in [-0.15, -0.1) is 0 Å². The van der Waals surface area contributed by atoms with Gasteiger partial charge in [0.05, 0.1) is 5.52 Å². The Bertz CT molecular complexity index is 1270. The maximum atomic E-state index is 12.5. The predicted octanol–water partition coefficient (Wildman–Crippen LogP) is 5.86. The van der Waals surface area contributed by atoms with Crippen LogP contribution in [0.5, 0.6) is 11.8 Å². The van der Waals surface area contributed by atoms with E-state index in [1.807, 2.05) is 75.4 Å². The number of fused-ring (bicyclic) bond motifs is 1. The standard InChI is InChI=1S/C25H24N4O3/c1-25(2,3)32-24(30)29(4)19-9-7-8-17(14-19)20-10-5-6-11-22(20)31-23-27-16-18-15-26-13-12-21(18)28-23/h5-16H,1-4H3. The van der Waals surface area contributed by atoms with Crippen molar-refractivity contribution in [1.82, 2.24) is 15.0 Å². The van der Waals surface area contributed by atoms with Crippen LogP contribution < -0.4 is 9.64 Å². The molecule has 32 heavy (non-hydrogen) atoms. The zero-order chi connectivity index (χ0) is 22.7. The van der Waals surface area contributed by atoms with Gasteiger partial charge in [0.2, 0.25) is 0 Å². The minimum Gasteiger partial charge on any atom is -0.443 e. The molecule has 2 aromatic heterocycles. The van der Waals surface area contributed by atoms with E-state index in [2.05, 4.69) is 15.0 Å². The largest absolute Gasteiger partial charge is 0.443 e. The highest BCUT2D eigenvalue weighted by atomic mass is 16.6. The van der Waals surface area contributed by atoms with Crippen molar-refractivity contribution >= 4 is 22.7 Å². The third-order valence-electron chi connectivity index (χ3n) is 4.66. The van der Waals surface area contributed by atoms with Gasteiger partial charge in [-0.05, 0) is 50.6 Å². The normalized spacial score (nSPS) is 11.2. The number of anilines is 1. The van der Waals surface area contributed by atoms with Gasteiger partial charge in [-0.25, -0.2) is 9.78 Å². The minimum absolute atomic E-state index is 0.248. The topological polar surface area (TPSA) is 77.4 Å². The van der Waals surface area contributed by atoms with Crippen LogP contribution in [0.3, 0.4) is 0 Å². The van der Waals surface area contributed by atoms with Crippen molar-refractivity contribution in [3.8, 4) is 22.9 Å². The van der Waals surface area contributed by atoms with Crippen LogP contribution in [0, 0.1) is 0 Å². The average Bonchev–Trinajstić information content (AvgIpc) is 2.78. The summed E-state index contributed by atoms with van der Waals surface area (Å²) < 4.78 is 11.5. The van der Waals surface area contributed by atoms with Crippen molar-refractivity contribution < 1.29 is 14.3 Å². The van der Waals surface area contributed by atoms with Crippen LogP contribution in [0.15, 0.2) is 73.2 Å². The number of amides is 1. The van der Waals surface area contributed by atoms with Gasteiger partial charge in [0.1, 0.15) is 11.4 Å². The molecule has 0 spiro atoms. The van der Waals surface area contributed by atoms with E-state index < -0.39 is 11.7 Å². The summed E-state index contributed by atoms with van der Waals surface area (Å²) in [5.41, 5.74) is 2.63. The number of carbonyl (C=O) groups excluding carboxylic acids is 1. The van der Waals surface area contributed by atoms with E-state index in [1.54, 1.807) is 25.6 Å². The molecule has 4 aromatic rings. The lowest BCUT2D eigenvalue weighted by Crippen LogP contribution is -2.34. The van der Waals surface area contributed by atoms with Gasteiger partial charge >= 0.3 is 12.1 Å². The van der Waals surface area contributed by atoms with Gasteiger partial charge < -0.3 is 9.47 Å². The smallest absolute Gasteiger partial charge is 0.414 e. The molecule has 7 heteroatoms. The summed E-state index contributed by atoms with van der Waals surface area (Å²) in [5.74, 6) is 0.609. The molecule has 0 radical (unpaired) electrons. The predicted molar refractivity (Wildman–Crippen MR) is 124 cm³/mol. The SMILES string of the molecule is CN(C(=O)OC(C)(C)C)c1cccc(-c2ccccc2Oc2ncc3cnccc3n2)c1. The Balaban J connectivity index is 1.63. The second kappa shape index (κ2) is 8.63. The fraction of sp³-hybridized carbons (Fsp3) is 0.200. The number of ether oxygens (including phenoxy) is 2. The summed E-state index contributed by atoms with van der Waals surface area (Å²) in [6, 6.07) is 17.3. The lowest BCUT2D eigenvalue weighted by Gasteiger charge is -2.25. The number of hydrogen-bond acceptors (Lipinski definition) is 6. The van der Waals surface area contributed by atoms with Gasteiger partial charge in [0, 0.05) is 42.3 Å². The summed E-state index contributed by atoms with van der Waals surface area (Å²) in [5, 5.41) is 0.839. The highest BCUT2D eigenvalue weighted by Crippen LogP contribution is 2.34. The van der Waals surface area contributed by atoms with Crippen molar-refractivity contribution in [2.75, 3.05) is 11.9 Å². The van der Waals surface area contributed by atoms with Crippen LogP contribution in [-0.4, -0.2) is 33.7 Å². The quantitative estimate of drug-likeness (QED) is 0.405. The molecule has 2 aromatic carbocycles. The van der Waals surface area contributed by atoms with Crippen LogP contribution in [0.2, 0.25) is 0 Å². The van der Waals surface area contributed by atoms with E-state index in [4.69, 9.17) is 9.47 Å². The van der Waals surface area contributed by atoms with E-state index in [0.717, 1.165) is 22.0 Å². The number of pyridine rings is 1. The average molecular weight is 428 g/mol. The molecule has 4 rings (SSSR count). The Labute approximate surface area is 186 Å². The first kappa shape index (κ1) is 21.2. The molecule has 1 amide bonds. The number of carbonyl (C=O) groups is 1. The molecule has 0 fully saturated rings. The first-order valence-electron chi connectivity index (χ1n) is 10.2. The zero-order valence-corrected chi connectivity index (χ0v) is 18.4. The fourth-order valence-electron chi connectivity index (χ4n) is 3.12. The van der Waals surface area contributed by atoms with Crippen LogP contribution in [0.4, 0.5) is 10.5 Å². The van der Waals surface area contributed by atoms with E-state index in [1.165, 1.54) is 4.90 Å². The zero-order valence-electron chi connectivity index (χ0n) is 18.4. The van der Waals surface area contributed by atoms with Gasteiger partial charge in [0.15, 0.2) is 0 Å². The fourth-order valence-corrected chi connectivity index (χ4v) is 3.12. The van der Waals surface area contributed by atoms with Gasteiger partial charge in [-0.3, -0.25) is 9.88 Å². The Hall–Kier alpha value is -4.00. The molecule has 162 valence electrons. The van der Waals surface area contributed by atoms with Gasteiger partial charge in [-0.2, -0.15) is 4.98 Å². The molecule has 7 nitrogen and oxygen atoms in total. The minimum atomic E-state index is -0.570. The molecular weight excluding hydrogens is 404 g/mol. The molecule has 0 aliphatic rings. The molecule has 0 saturated carbocycles. The molecule has 0 saturated heterocycles. The summed E-state index contributed by atoms with van der Waals surface area (Å²) >= 11 is 0.